The SMILES string of the molecule is C=CC(=O)OCC1CCCO1.C=CC(=O)OCC1CO1. The molecule has 6 nitrogen and oxygen atoms in total. The van der Waals surface area contributed by atoms with Gasteiger partial charge in [0.05, 0.1) is 12.7 Å². The normalized spacial score (nSPS) is 23.0. The van der Waals surface area contributed by atoms with E-state index < -0.39 is 0 Å². The number of hydrogen-bond acceptors (Lipinski definition) is 6. The fourth-order valence-corrected chi connectivity index (χ4v) is 1.41. The molecule has 0 spiro atoms. The summed E-state index contributed by atoms with van der Waals surface area (Å²) >= 11 is 0. The fraction of sp³-hybridized carbons (Fsp3) is 0.571. The Labute approximate surface area is 118 Å². The standard InChI is InChI=1S/C8H12O3.C6H8O3/c1-2-8(9)11-6-7-4-3-5-10-7;1-2-6(7)9-4-5-3-8-5/h2,7H,1,3-6H2;2,5H,1,3-4H2. The van der Waals surface area contributed by atoms with Crippen LogP contribution < -0.4 is 0 Å². The molecule has 0 radical (unpaired) electrons. The highest BCUT2D eigenvalue weighted by Crippen LogP contribution is 2.11. The Hall–Kier alpha value is -1.66. The molecule has 0 aromatic rings. The molecular weight excluding hydrogens is 264 g/mol. The van der Waals surface area contributed by atoms with Gasteiger partial charge in [-0.05, 0) is 12.8 Å². The van der Waals surface area contributed by atoms with Gasteiger partial charge in [-0.2, -0.15) is 0 Å². The van der Waals surface area contributed by atoms with Crippen LogP contribution in [0.5, 0.6) is 0 Å². The van der Waals surface area contributed by atoms with Crippen LogP contribution in [0.1, 0.15) is 12.8 Å². The zero-order chi connectivity index (χ0) is 14.8. The molecule has 20 heavy (non-hydrogen) atoms. The number of hydrogen-bond donors (Lipinski definition) is 0. The molecule has 0 amide bonds. The number of esters is 2. The van der Waals surface area contributed by atoms with Crippen LogP contribution in [0.4, 0.5) is 0 Å². The lowest BCUT2D eigenvalue weighted by Crippen LogP contribution is -2.16. The fourth-order valence-electron chi connectivity index (χ4n) is 1.41. The van der Waals surface area contributed by atoms with E-state index in [0.29, 0.717) is 19.8 Å². The Morgan fingerprint density at radius 2 is 1.60 bits per heavy atom. The molecule has 2 aliphatic rings. The van der Waals surface area contributed by atoms with Crippen molar-refractivity contribution in [2.45, 2.75) is 25.0 Å². The van der Waals surface area contributed by atoms with E-state index in [2.05, 4.69) is 17.9 Å². The first-order valence-corrected chi connectivity index (χ1v) is 6.47. The molecule has 2 atom stereocenters. The number of carbonyl (C=O) groups is 2. The summed E-state index contributed by atoms with van der Waals surface area (Å²) in [5.41, 5.74) is 0. The summed E-state index contributed by atoms with van der Waals surface area (Å²) in [5.74, 6) is -0.758. The third kappa shape index (κ3) is 7.70. The third-order valence-corrected chi connectivity index (χ3v) is 2.58. The second kappa shape index (κ2) is 9.28. The summed E-state index contributed by atoms with van der Waals surface area (Å²) in [5, 5.41) is 0. The van der Waals surface area contributed by atoms with E-state index in [-0.39, 0.29) is 24.1 Å². The monoisotopic (exact) mass is 284 g/mol. The molecule has 2 heterocycles. The van der Waals surface area contributed by atoms with E-state index in [1.54, 1.807) is 0 Å². The van der Waals surface area contributed by atoms with Crippen LogP contribution in [0.3, 0.4) is 0 Å². The lowest BCUT2D eigenvalue weighted by Gasteiger charge is -2.07. The first-order valence-electron chi connectivity index (χ1n) is 6.47. The summed E-state index contributed by atoms with van der Waals surface area (Å²) in [4.78, 5) is 20.9. The van der Waals surface area contributed by atoms with Crippen molar-refractivity contribution in [2.75, 3.05) is 26.4 Å². The lowest BCUT2D eigenvalue weighted by atomic mass is 10.2. The minimum atomic E-state index is -0.384. The Kier molecular flexibility index (Phi) is 7.60. The average Bonchev–Trinajstić information content (AvgIpc) is 3.16. The van der Waals surface area contributed by atoms with Gasteiger partial charge < -0.3 is 18.9 Å². The predicted octanol–water partition coefficient (Wildman–Crippen LogP) is 1.01. The molecule has 2 fully saturated rings. The first kappa shape index (κ1) is 16.4. The highest BCUT2D eigenvalue weighted by Gasteiger charge is 2.23. The third-order valence-electron chi connectivity index (χ3n) is 2.58. The van der Waals surface area contributed by atoms with Crippen molar-refractivity contribution >= 4 is 11.9 Å². The van der Waals surface area contributed by atoms with Crippen LogP contribution in [0, 0.1) is 0 Å². The van der Waals surface area contributed by atoms with Crippen LogP contribution >= 0.6 is 0 Å². The van der Waals surface area contributed by atoms with E-state index >= 15 is 0 Å². The first-order chi connectivity index (χ1) is 9.65. The summed E-state index contributed by atoms with van der Waals surface area (Å²) in [6, 6.07) is 0. The largest absolute Gasteiger partial charge is 0.460 e. The number of carbonyl (C=O) groups excluding carboxylic acids is 2. The van der Waals surface area contributed by atoms with Crippen LogP contribution in [0.15, 0.2) is 25.3 Å². The van der Waals surface area contributed by atoms with Gasteiger partial charge >= 0.3 is 11.9 Å². The van der Waals surface area contributed by atoms with Crippen molar-refractivity contribution in [3.63, 3.8) is 0 Å². The van der Waals surface area contributed by atoms with Crippen LogP contribution in [0.2, 0.25) is 0 Å². The molecule has 6 heteroatoms. The Balaban J connectivity index is 0.000000204. The topological polar surface area (TPSA) is 74.4 Å². The van der Waals surface area contributed by atoms with E-state index in [9.17, 15) is 9.59 Å². The maximum Gasteiger partial charge on any atom is 0.330 e. The van der Waals surface area contributed by atoms with Crippen LogP contribution in [0.25, 0.3) is 0 Å². The Morgan fingerprint density at radius 1 is 1.05 bits per heavy atom. The lowest BCUT2D eigenvalue weighted by molar-refractivity contribution is -0.141. The highest BCUT2D eigenvalue weighted by molar-refractivity contribution is 5.81. The van der Waals surface area contributed by atoms with Crippen molar-refractivity contribution in [3.8, 4) is 0 Å². The zero-order valence-electron chi connectivity index (χ0n) is 11.4. The summed E-state index contributed by atoms with van der Waals surface area (Å²) in [6.45, 7) is 8.77. The maximum absolute atomic E-state index is 10.6. The molecule has 0 N–H and O–H groups in total. The summed E-state index contributed by atoms with van der Waals surface area (Å²) in [6.07, 6.45) is 4.62. The second-order valence-electron chi connectivity index (χ2n) is 4.26. The van der Waals surface area contributed by atoms with E-state index in [4.69, 9.17) is 14.2 Å². The minimum absolute atomic E-state index is 0.110. The van der Waals surface area contributed by atoms with Gasteiger partial charge in [0.2, 0.25) is 0 Å². The van der Waals surface area contributed by atoms with Crippen molar-refractivity contribution in [1.29, 1.82) is 0 Å². The van der Waals surface area contributed by atoms with Crippen LogP contribution in [-0.2, 0) is 28.5 Å². The van der Waals surface area contributed by atoms with E-state index in [1.807, 2.05) is 0 Å². The van der Waals surface area contributed by atoms with Gasteiger partial charge in [-0.15, -0.1) is 0 Å². The zero-order valence-corrected chi connectivity index (χ0v) is 11.4. The van der Waals surface area contributed by atoms with Crippen molar-refractivity contribution < 1.29 is 28.5 Å². The average molecular weight is 284 g/mol. The predicted molar refractivity (Wildman–Crippen MR) is 71.0 cm³/mol. The van der Waals surface area contributed by atoms with Crippen molar-refractivity contribution in [2.24, 2.45) is 0 Å². The van der Waals surface area contributed by atoms with E-state index in [0.717, 1.165) is 31.6 Å². The molecule has 0 aliphatic carbocycles. The molecule has 0 aromatic carbocycles. The second-order valence-corrected chi connectivity index (χ2v) is 4.26. The highest BCUT2D eigenvalue weighted by atomic mass is 16.6. The molecule has 2 rings (SSSR count). The molecule has 2 unspecified atom stereocenters. The molecule has 2 aliphatic heterocycles. The van der Waals surface area contributed by atoms with Gasteiger partial charge in [-0.1, -0.05) is 13.2 Å². The van der Waals surface area contributed by atoms with Gasteiger partial charge in [0, 0.05) is 18.8 Å². The summed E-state index contributed by atoms with van der Waals surface area (Å²) in [7, 11) is 0. The molecule has 0 bridgehead atoms. The quantitative estimate of drug-likeness (QED) is 0.412. The van der Waals surface area contributed by atoms with Gasteiger partial charge in [0.1, 0.15) is 19.3 Å². The van der Waals surface area contributed by atoms with Gasteiger partial charge in [-0.3, -0.25) is 0 Å². The van der Waals surface area contributed by atoms with Crippen LogP contribution in [-0.4, -0.2) is 50.6 Å². The molecular formula is C14H20O6. The smallest absolute Gasteiger partial charge is 0.330 e. The Bertz CT molecular complexity index is 342. The van der Waals surface area contributed by atoms with Gasteiger partial charge in [0.25, 0.3) is 0 Å². The van der Waals surface area contributed by atoms with Crippen molar-refractivity contribution in [3.05, 3.63) is 25.3 Å². The number of rotatable bonds is 6. The Morgan fingerprint density at radius 3 is 2.00 bits per heavy atom. The van der Waals surface area contributed by atoms with E-state index in [1.165, 1.54) is 0 Å². The van der Waals surface area contributed by atoms with Gasteiger partial charge in [0.15, 0.2) is 0 Å². The molecule has 0 aromatic heterocycles. The van der Waals surface area contributed by atoms with Crippen molar-refractivity contribution in [1.82, 2.24) is 0 Å². The molecule has 0 saturated carbocycles. The number of epoxide rings is 1. The summed E-state index contributed by atoms with van der Waals surface area (Å²) < 4.78 is 19.5. The number of ether oxygens (including phenoxy) is 4. The minimum Gasteiger partial charge on any atom is -0.460 e. The van der Waals surface area contributed by atoms with Gasteiger partial charge in [-0.25, -0.2) is 9.59 Å². The molecule has 2 saturated heterocycles. The molecule has 112 valence electrons. The maximum atomic E-state index is 10.6.